The van der Waals surface area contributed by atoms with E-state index in [0.29, 0.717) is 11.1 Å². The van der Waals surface area contributed by atoms with E-state index in [4.69, 9.17) is 15.1 Å². The standard InChI is InChI=1S/C16H13NO3/c17-9-12-1-3-14(4-2-12)11-20-16(19)15-7-5-13(10-18)6-8-15/h1-8,18H,10-11H2. The van der Waals surface area contributed by atoms with Crippen LogP contribution in [-0.4, -0.2) is 11.1 Å². The van der Waals surface area contributed by atoms with Gasteiger partial charge in [0, 0.05) is 0 Å². The number of esters is 1. The molecule has 0 fully saturated rings. The van der Waals surface area contributed by atoms with Crippen molar-refractivity contribution < 1.29 is 14.6 Å². The van der Waals surface area contributed by atoms with Gasteiger partial charge in [0.15, 0.2) is 0 Å². The molecule has 0 aliphatic heterocycles. The summed E-state index contributed by atoms with van der Waals surface area (Å²) >= 11 is 0. The molecule has 2 aromatic rings. The lowest BCUT2D eigenvalue weighted by molar-refractivity contribution is 0.0472. The van der Waals surface area contributed by atoms with Gasteiger partial charge in [-0.1, -0.05) is 24.3 Å². The quantitative estimate of drug-likeness (QED) is 0.863. The van der Waals surface area contributed by atoms with Crippen LogP contribution in [0.5, 0.6) is 0 Å². The third-order valence-electron chi connectivity index (χ3n) is 2.83. The molecule has 0 radical (unpaired) electrons. The number of carbonyl (C=O) groups excluding carboxylic acids is 1. The zero-order valence-electron chi connectivity index (χ0n) is 10.7. The maximum atomic E-state index is 11.8. The molecule has 2 rings (SSSR count). The average Bonchev–Trinajstić information content (AvgIpc) is 2.53. The van der Waals surface area contributed by atoms with E-state index in [1.165, 1.54) is 0 Å². The van der Waals surface area contributed by atoms with Gasteiger partial charge in [0.2, 0.25) is 0 Å². The zero-order valence-corrected chi connectivity index (χ0v) is 10.7. The Morgan fingerprint density at radius 1 is 1.05 bits per heavy atom. The highest BCUT2D eigenvalue weighted by Crippen LogP contribution is 2.09. The number of aliphatic hydroxyl groups excluding tert-OH is 1. The molecule has 4 heteroatoms. The van der Waals surface area contributed by atoms with Gasteiger partial charge in [-0.15, -0.1) is 0 Å². The molecule has 0 bridgehead atoms. The Kier molecular flexibility index (Phi) is 4.48. The molecule has 0 aromatic heterocycles. The molecular formula is C16H13NO3. The van der Waals surface area contributed by atoms with Gasteiger partial charge >= 0.3 is 5.97 Å². The number of hydrogen-bond acceptors (Lipinski definition) is 4. The van der Waals surface area contributed by atoms with Gasteiger partial charge in [0.1, 0.15) is 6.61 Å². The van der Waals surface area contributed by atoms with Crippen LogP contribution in [-0.2, 0) is 18.0 Å². The van der Waals surface area contributed by atoms with Gasteiger partial charge in [-0.3, -0.25) is 0 Å². The normalized spacial score (nSPS) is 9.80. The minimum Gasteiger partial charge on any atom is -0.457 e. The number of carbonyl (C=O) groups is 1. The Labute approximate surface area is 116 Å². The molecule has 1 N–H and O–H groups in total. The zero-order chi connectivity index (χ0) is 14.4. The summed E-state index contributed by atoms with van der Waals surface area (Å²) in [5, 5.41) is 17.6. The summed E-state index contributed by atoms with van der Waals surface area (Å²) < 4.78 is 5.18. The molecule has 4 nitrogen and oxygen atoms in total. The van der Waals surface area contributed by atoms with Gasteiger partial charge in [0.05, 0.1) is 23.8 Å². The van der Waals surface area contributed by atoms with E-state index >= 15 is 0 Å². The molecule has 2 aromatic carbocycles. The van der Waals surface area contributed by atoms with Crippen LogP contribution < -0.4 is 0 Å². The highest BCUT2D eigenvalue weighted by Gasteiger charge is 2.07. The Balaban J connectivity index is 1.95. The lowest BCUT2D eigenvalue weighted by Gasteiger charge is -2.05. The van der Waals surface area contributed by atoms with Crippen LogP contribution in [0.15, 0.2) is 48.5 Å². The van der Waals surface area contributed by atoms with E-state index in [1.54, 1.807) is 48.5 Å². The number of hydrogen-bond donors (Lipinski definition) is 1. The second-order valence-electron chi connectivity index (χ2n) is 4.24. The van der Waals surface area contributed by atoms with E-state index < -0.39 is 5.97 Å². The molecular weight excluding hydrogens is 254 g/mol. The summed E-state index contributed by atoms with van der Waals surface area (Å²) in [4.78, 5) is 11.8. The molecule has 0 amide bonds. The predicted octanol–water partition coefficient (Wildman–Crippen LogP) is 2.41. The van der Waals surface area contributed by atoms with Crippen molar-refractivity contribution in [3.05, 3.63) is 70.8 Å². The average molecular weight is 267 g/mol. The minimum absolute atomic E-state index is 0.0550. The van der Waals surface area contributed by atoms with Gasteiger partial charge in [-0.2, -0.15) is 5.26 Å². The topological polar surface area (TPSA) is 70.3 Å². The monoisotopic (exact) mass is 267 g/mol. The maximum Gasteiger partial charge on any atom is 0.338 e. The SMILES string of the molecule is N#Cc1ccc(COC(=O)c2ccc(CO)cc2)cc1. The largest absolute Gasteiger partial charge is 0.457 e. The molecule has 0 saturated heterocycles. The molecule has 0 unspecified atom stereocenters. The highest BCUT2D eigenvalue weighted by molar-refractivity contribution is 5.89. The fraction of sp³-hybridized carbons (Fsp3) is 0.125. The van der Waals surface area contributed by atoms with Crippen LogP contribution in [0.2, 0.25) is 0 Å². The van der Waals surface area contributed by atoms with Crippen molar-refractivity contribution in [1.82, 2.24) is 0 Å². The number of rotatable bonds is 4. The molecule has 0 aliphatic rings. The van der Waals surface area contributed by atoms with Crippen molar-refractivity contribution in [3.8, 4) is 6.07 Å². The van der Waals surface area contributed by atoms with Crippen molar-refractivity contribution in [2.24, 2.45) is 0 Å². The second-order valence-corrected chi connectivity index (χ2v) is 4.24. The van der Waals surface area contributed by atoms with Crippen molar-refractivity contribution in [2.75, 3.05) is 0 Å². The highest BCUT2D eigenvalue weighted by atomic mass is 16.5. The van der Waals surface area contributed by atoms with E-state index in [-0.39, 0.29) is 13.2 Å². The number of ether oxygens (including phenoxy) is 1. The maximum absolute atomic E-state index is 11.8. The summed E-state index contributed by atoms with van der Waals surface area (Å²) in [6.45, 7) is 0.104. The molecule has 20 heavy (non-hydrogen) atoms. The smallest absolute Gasteiger partial charge is 0.338 e. The first-order valence-corrected chi connectivity index (χ1v) is 6.09. The first-order valence-electron chi connectivity index (χ1n) is 6.09. The van der Waals surface area contributed by atoms with Crippen molar-refractivity contribution >= 4 is 5.97 Å². The molecule has 0 heterocycles. The van der Waals surface area contributed by atoms with Crippen LogP contribution in [0.3, 0.4) is 0 Å². The summed E-state index contributed by atoms with van der Waals surface area (Å²) in [6.07, 6.45) is 0. The van der Waals surface area contributed by atoms with Crippen LogP contribution in [0.25, 0.3) is 0 Å². The van der Waals surface area contributed by atoms with Gasteiger partial charge in [-0.05, 0) is 35.4 Å². The van der Waals surface area contributed by atoms with E-state index in [0.717, 1.165) is 11.1 Å². The Morgan fingerprint density at radius 3 is 2.20 bits per heavy atom. The summed E-state index contributed by atoms with van der Waals surface area (Å²) in [5.41, 5.74) is 2.58. The van der Waals surface area contributed by atoms with Gasteiger partial charge in [-0.25, -0.2) is 4.79 Å². The molecule has 0 saturated carbocycles. The Bertz CT molecular complexity index is 624. The summed E-state index contributed by atoms with van der Waals surface area (Å²) in [6, 6.07) is 15.5. The number of benzene rings is 2. The number of nitriles is 1. The Hall–Kier alpha value is -2.64. The van der Waals surface area contributed by atoms with E-state index in [1.807, 2.05) is 6.07 Å². The Morgan fingerprint density at radius 2 is 1.65 bits per heavy atom. The van der Waals surface area contributed by atoms with Gasteiger partial charge < -0.3 is 9.84 Å². The third kappa shape index (κ3) is 3.44. The van der Waals surface area contributed by atoms with Crippen LogP contribution in [0, 0.1) is 11.3 Å². The second kappa shape index (κ2) is 6.50. The van der Waals surface area contributed by atoms with Crippen molar-refractivity contribution in [3.63, 3.8) is 0 Å². The van der Waals surface area contributed by atoms with Crippen molar-refractivity contribution in [2.45, 2.75) is 13.2 Å². The van der Waals surface area contributed by atoms with E-state index in [2.05, 4.69) is 0 Å². The van der Waals surface area contributed by atoms with E-state index in [9.17, 15) is 4.79 Å². The molecule has 0 spiro atoms. The first kappa shape index (κ1) is 13.8. The number of nitrogens with zero attached hydrogens (tertiary/aromatic N) is 1. The third-order valence-corrected chi connectivity index (χ3v) is 2.83. The number of aliphatic hydroxyl groups is 1. The fourth-order valence-corrected chi connectivity index (χ4v) is 1.65. The minimum atomic E-state index is -0.418. The van der Waals surface area contributed by atoms with Crippen LogP contribution >= 0.6 is 0 Å². The lowest BCUT2D eigenvalue weighted by atomic mass is 10.1. The fourth-order valence-electron chi connectivity index (χ4n) is 1.65. The predicted molar refractivity (Wildman–Crippen MR) is 72.6 cm³/mol. The summed E-state index contributed by atoms with van der Waals surface area (Å²) in [5.74, 6) is -0.418. The van der Waals surface area contributed by atoms with Crippen LogP contribution in [0.4, 0.5) is 0 Å². The molecule has 0 aliphatic carbocycles. The lowest BCUT2D eigenvalue weighted by Crippen LogP contribution is -2.05. The summed E-state index contributed by atoms with van der Waals surface area (Å²) in [7, 11) is 0. The van der Waals surface area contributed by atoms with Crippen molar-refractivity contribution in [1.29, 1.82) is 5.26 Å². The van der Waals surface area contributed by atoms with Gasteiger partial charge in [0.25, 0.3) is 0 Å². The molecule has 100 valence electrons. The first-order chi connectivity index (χ1) is 9.72. The molecule has 0 atom stereocenters. The van der Waals surface area contributed by atoms with Crippen LogP contribution in [0.1, 0.15) is 27.0 Å².